The average molecular weight is 377 g/mol. The third-order valence-corrected chi connectivity index (χ3v) is 4.45. The molecule has 0 aliphatic carbocycles. The van der Waals surface area contributed by atoms with Gasteiger partial charge in [-0.1, -0.05) is 12.1 Å². The van der Waals surface area contributed by atoms with E-state index in [1.807, 2.05) is 32.9 Å². The molecule has 1 saturated heterocycles. The molecule has 27 heavy (non-hydrogen) atoms. The molecule has 0 saturated carbocycles. The number of hydrogen-bond acceptors (Lipinski definition) is 5. The number of rotatable bonds is 6. The van der Waals surface area contributed by atoms with Gasteiger partial charge in [0.25, 0.3) is 0 Å². The van der Waals surface area contributed by atoms with Crippen molar-refractivity contribution in [2.75, 3.05) is 46.4 Å². The minimum absolute atomic E-state index is 0.254. The molecule has 1 fully saturated rings. The Hall–Kier alpha value is -2.12. The van der Waals surface area contributed by atoms with Crippen molar-refractivity contribution in [3.05, 3.63) is 29.8 Å². The van der Waals surface area contributed by atoms with E-state index in [4.69, 9.17) is 4.74 Å². The number of carbonyl (C=O) groups excluding carboxylic acids is 2. The summed E-state index contributed by atoms with van der Waals surface area (Å²) in [6.07, 6.45) is 0.997. The Bertz CT molecular complexity index is 617. The van der Waals surface area contributed by atoms with Gasteiger partial charge in [-0.2, -0.15) is 0 Å². The first kappa shape index (κ1) is 21.2. The van der Waals surface area contributed by atoms with Crippen LogP contribution in [0, 0.1) is 0 Å². The van der Waals surface area contributed by atoms with Crippen molar-refractivity contribution in [3.63, 3.8) is 0 Å². The van der Waals surface area contributed by atoms with Crippen LogP contribution in [0.1, 0.15) is 26.3 Å². The van der Waals surface area contributed by atoms with Crippen molar-refractivity contribution in [3.8, 4) is 5.75 Å². The molecule has 7 heteroatoms. The van der Waals surface area contributed by atoms with E-state index in [1.54, 1.807) is 7.11 Å². The van der Waals surface area contributed by atoms with Crippen LogP contribution in [0.2, 0.25) is 0 Å². The van der Waals surface area contributed by atoms with Gasteiger partial charge in [0.05, 0.1) is 13.7 Å². The quantitative estimate of drug-likeness (QED) is 0.787. The largest absolute Gasteiger partial charge is 0.497 e. The highest BCUT2D eigenvalue weighted by molar-refractivity contribution is 5.95. The summed E-state index contributed by atoms with van der Waals surface area (Å²) in [7, 11) is 1.67. The van der Waals surface area contributed by atoms with Gasteiger partial charge in [0.15, 0.2) is 0 Å². The Labute approximate surface area is 162 Å². The molecule has 0 aromatic heterocycles. The molecule has 150 valence electrons. The molecule has 1 aliphatic rings. The molecule has 0 unspecified atom stereocenters. The first-order valence-corrected chi connectivity index (χ1v) is 9.45. The fraction of sp³-hybridized carbons (Fsp3) is 0.600. The fourth-order valence-electron chi connectivity index (χ4n) is 2.99. The third-order valence-electron chi connectivity index (χ3n) is 4.45. The molecule has 7 nitrogen and oxygen atoms in total. The Morgan fingerprint density at radius 3 is 2.19 bits per heavy atom. The normalized spacial score (nSPS) is 16.0. The number of nitrogens with one attached hydrogen (secondary N) is 2. The van der Waals surface area contributed by atoms with Gasteiger partial charge >= 0.3 is 6.03 Å². The molecular weight excluding hydrogens is 344 g/mol. The van der Waals surface area contributed by atoms with Crippen molar-refractivity contribution in [2.24, 2.45) is 0 Å². The molecule has 1 aliphatic heterocycles. The summed E-state index contributed by atoms with van der Waals surface area (Å²) in [5, 5.41) is 5.12. The number of ether oxygens (including phenoxy) is 1. The second-order valence-electron chi connectivity index (χ2n) is 7.97. The van der Waals surface area contributed by atoms with Gasteiger partial charge in [-0.05, 0) is 44.9 Å². The molecule has 0 radical (unpaired) electrons. The molecule has 3 amide bonds. The van der Waals surface area contributed by atoms with Crippen LogP contribution in [0.4, 0.5) is 4.79 Å². The van der Waals surface area contributed by atoms with Gasteiger partial charge in [-0.3, -0.25) is 15.0 Å². The molecule has 0 atom stereocenters. The SMILES string of the molecule is COc1ccc(CCN2CCN(CC(=O)NC(=O)NC(C)(C)C)CC2)cc1. The number of piperazine rings is 1. The Kier molecular flexibility index (Phi) is 7.62. The molecule has 1 aromatic rings. The number of benzene rings is 1. The van der Waals surface area contributed by atoms with E-state index in [1.165, 1.54) is 5.56 Å². The summed E-state index contributed by atoms with van der Waals surface area (Å²) >= 11 is 0. The number of carbonyl (C=O) groups is 2. The van der Waals surface area contributed by atoms with E-state index in [9.17, 15) is 9.59 Å². The molecule has 2 N–H and O–H groups in total. The predicted octanol–water partition coefficient (Wildman–Crippen LogP) is 1.48. The number of imide groups is 1. The number of nitrogens with zero attached hydrogens (tertiary/aromatic N) is 2. The maximum atomic E-state index is 12.0. The van der Waals surface area contributed by atoms with Crippen LogP contribution in [0.3, 0.4) is 0 Å². The van der Waals surface area contributed by atoms with Gasteiger partial charge < -0.3 is 15.0 Å². The number of amides is 3. The summed E-state index contributed by atoms with van der Waals surface area (Å²) in [5.41, 5.74) is 0.933. The highest BCUT2D eigenvalue weighted by atomic mass is 16.5. The monoisotopic (exact) mass is 376 g/mol. The predicted molar refractivity (Wildman–Crippen MR) is 106 cm³/mol. The van der Waals surface area contributed by atoms with Crippen molar-refractivity contribution in [2.45, 2.75) is 32.7 Å². The lowest BCUT2D eigenvalue weighted by molar-refractivity contribution is -0.121. The topological polar surface area (TPSA) is 73.9 Å². The zero-order valence-corrected chi connectivity index (χ0v) is 16.9. The van der Waals surface area contributed by atoms with Crippen LogP contribution >= 0.6 is 0 Å². The lowest BCUT2D eigenvalue weighted by atomic mass is 10.1. The van der Waals surface area contributed by atoms with E-state index in [-0.39, 0.29) is 18.0 Å². The average Bonchev–Trinajstić information content (AvgIpc) is 2.59. The van der Waals surface area contributed by atoms with Crippen LogP contribution in [-0.4, -0.2) is 73.7 Å². The second kappa shape index (κ2) is 9.71. The highest BCUT2D eigenvalue weighted by Gasteiger charge is 2.21. The fourth-order valence-corrected chi connectivity index (χ4v) is 2.99. The minimum atomic E-state index is -0.439. The molecule has 1 heterocycles. The molecule has 1 aromatic carbocycles. The van der Waals surface area contributed by atoms with E-state index in [0.29, 0.717) is 0 Å². The third kappa shape index (κ3) is 7.97. The summed E-state index contributed by atoms with van der Waals surface area (Å²) in [5.74, 6) is 0.616. The minimum Gasteiger partial charge on any atom is -0.497 e. The van der Waals surface area contributed by atoms with Gasteiger partial charge in [0.2, 0.25) is 5.91 Å². The smallest absolute Gasteiger partial charge is 0.321 e. The number of urea groups is 1. The lowest BCUT2D eigenvalue weighted by Crippen LogP contribution is -2.53. The number of hydrogen-bond donors (Lipinski definition) is 2. The van der Waals surface area contributed by atoms with Gasteiger partial charge in [0, 0.05) is 38.3 Å². The summed E-state index contributed by atoms with van der Waals surface area (Å²) in [6.45, 7) is 10.4. The standard InChI is InChI=1S/C20H32N4O3/c1-20(2,3)22-19(26)21-18(25)15-24-13-11-23(12-14-24)10-9-16-5-7-17(27-4)8-6-16/h5-8H,9-15H2,1-4H3,(H2,21,22,25,26). The molecule has 0 bridgehead atoms. The number of methoxy groups -OCH3 is 1. The Morgan fingerprint density at radius 1 is 1.04 bits per heavy atom. The van der Waals surface area contributed by atoms with Gasteiger partial charge in [-0.25, -0.2) is 4.79 Å². The zero-order valence-electron chi connectivity index (χ0n) is 16.9. The van der Waals surface area contributed by atoms with Gasteiger partial charge in [0.1, 0.15) is 5.75 Å². The van der Waals surface area contributed by atoms with E-state index in [2.05, 4.69) is 32.6 Å². The van der Waals surface area contributed by atoms with Crippen molar-refractivity contribution in [1.29, 1.82) is 0 Å². The summed E-state index contributed by atoms with van der Waals surface area (Å²) in [6, 6.07) is 7.73. The molecule has 2 rings (SSSR count). The first-order valence-electron chi connectivity index (χ1n) is 9.45. The van der Waals surface area contributed by atoms with Crippen LogP contribution in [0.25, 0.3) is 0 Å². The highest BCUT2D eigenvalue weighted by Crippen LogP contribution is 2.12. The van der Waals surface area contributed by atoms with Crippen LogP contribution < -0.4 is 15.4 Å². The van der Waals surface area contributed by atoms with Crippen molar-refractivity contribution in [1.82, 2.24) is 20.4 Å². The maximum Gasteiger partial charge on any atom is 0.321 e. The van der Waals surface area contributed by atoms with E-state index >= 15 is 0 Å². The second-order valence-corrected chi connectivity index (χ2v) is 7.97. The summed E-state index contributed by atoms with van der Waals surface area (Å²) < 4.78 is 5.18. The van der Waals surface area contributed by atoms with Crippen molar-refractivity contribution < 1.29 is 14.3 Å². The Morgan fingerprint density at radius 2 is 1.63 bits per heavy atom. The molecular formula is C20H32N4O3. The van der Waals surface area contributed by atoms with Crippen molar-refractivity contribution >= 4 is 11.9 Å². The van der Waals surface area contributed by atoms with E-state index < -0.39 is 6.03 Å². The zero-order chi connectivity index (χ0) is 19.9. The maximum absolute atomic E-state index is 12.0. The Balaban J connectivity index is 1.65. The van der Waals surface area contributed by atoms with E-state index in [0.717, 1.165) is 44.9 Å². The van der Waals surface area contributed by atoms with Gasteiger partial charge in [-0.15, -0.1) is 0 Å². The van der Waals surface area contributed by atoms with Crippen LogP contribution in [0.15, 0.2) is 24.3 Å². The summed E-state index contributed by atoms with van der Waals surface area (Å²) in [4.78, 5) is 28.3. The lowest BCUT2D eigenvalue weighted by Gasteiger charge is -2.34. The molecule has 0 spiro atoms. The van der Waals surface area contributed by atoms with Crippen LogP contribution in [0.5, 0.6) is 5.75 Å². The first-order chi connectivity index (χ1) is 12.7. The van der Waals surface area contributed by atoms with Crippen LogP contribution in [-0.2, 0) is 11.2 Å².